The van der Waals surface area contributed by atoms with Gasteiger partial charge in [-0.15, -0.1) is 0 Å². The van der Waals surface area contributed by atoms with Gasteiger partial charge in [0.2, 0.25) is 0 Å². The molecule has 1 saturated carbocycles. The summed E-state index contributed by atoms with van der Waals surface area (Å²) in [6.45, 7) is 10.3. The summed E-state index contributed by atoms with van der Waals surface area (Å²) in [5.74, 6) is -1.30. The van der Waals surface area contributed by atoms with Crippen molar-refractivity contribution >= 4 is 39.6 Å². The minimum atomic E-state index is -0.989. The molecule has 2 aromatic carbocycles. The Hall–Kier alpha value is -4.93. The van der Waals surface area contributed by atoms with Crippen molar-refractivity contribution in [2.24, 2.45) is 5.41 Å². The standard InChI is InChI=1S/C42H50F2N6O8/c1-6-28-31(43)10-7-24-15-27(57-23-54-5)16-29(33(24)28)35-34(44)36-30(17-45-35)37(49-18-25-8-9-26(19-49)50(25)40(53)58-41(2,3)4)47-39(46-36)56-22-42(11-12-42)21-48-13-14-55-32(20-48)38(51)52/h7,10,15-17,25-26,32H,6,8-9,11-14,18-23H2,1-5H3,(H,51,52)/t25?,26?,32-/m0/s1. The lowest BCUT2D eigenvalue weighted by Crippen LogP contribution is -2.57. The maximum absolute atomic E-state index is 17.4. The zero-order valence-corrected chi connectivity index (χ0v) is 33.6. The van der Waals surface area contributed by atoms with Crippen LogP contribution in [0.3, 0.4) is 0 Å². The number of methoxy groups -OCH3 is 1. The van der Waals surface area contributed by atoms with Gasteiger partial charge in [0.15, 0.2) is 18.7 Å². The van der Waals surface area contributed by atoms with Gasteiger partial charge < -0.3 is 33.7 Å². The van der Waals surface area contributed by atoms with Gasteiger partial charge in [0.25, 0.3) is 0 Å². The number of aromatic nitrogens is 3. The molecule has 2 unspecified atom stereocenters. The average Bonchev–Trinajstić information content (AvgIpc) is 3.90. The monoisotopic (exact) mass is 804 g/mol. The molecule has 3 aliphatic heterocycles. The molecule has 3 atom stereocenters. The van der Waals surface area contributed by atoms with Crippen molar-refractivity contribution in [1.82, 2.24) is 24.8 Å². The largest absolute Gasteiger partial charge is 0.479 e. The van der Waals surface area contributed by atoms with E-state index in [4.69, 9.17) is 28.7 Å². The molecule has 4 aromatic rings. The number of pyridine rings is 1. The lowest BCUT2D eigenvalue weighted by Gasteiger charge is -2.42. The molecule has 14 nitrogen and oxygen atoms in total. The summed E-state index contributed by atoms with van der Waals surface area (Å²) >= 11 is 0. The van der Waals surface area contributed by atoms with Crippen molar-refractivity contribution in [2.75, 3.05) is 64.7 Å². The first-order chi connectivity index (χ1) is 27.8. The molecule has 3 saturated heterocycles. The Morgan fingerprint density at radius 3 is 2.48 bits per heavy atom. The van der Waals surface area contributed by atoms with Crippen LogP contribution in [0, 0.1) is 17.0 Å². The van der Waals surface area contributed by atoms with Crippen LogP contribution >= 0.6 is 0 Å². The molecule has 1 aliphatic carbocycles. The predicted octanol–water partition coefficient (Wildman–Crippen LogP) is 6.20. The molecule has 16 heteroatoms. The van der Waals surface area contributed by atoms with Crippen LogP contribution in [0.1, 0.15) is 58.9 Å². The molecule has 8 rings (SSSR count). The Balaban J connectivity index is 1.18. The number of halogens is 2. The number of carbonyl (C=O) groups excluding carboxylic acids is 1. The Bertz CT molecular complexity index is 2220. The first-order valence-corrected chi connectivity index (χ1v) is 20.0. The Morgan fingerprint density at radius 1 is 1.05 bits per heavy atom. The lowest BCUT2D eigenvalue weighted by atomic mass is 9.94. The highest BCUT2D eigenvalue weighted by atomic mass is 19.1. The summed E-state index contributed by atoms with van der Waals surface area (Å²) in [6, 6.07) is 6.11. The highest BCUT2D eigenvalue weighted by Crippen LogP contribution is 2.47. The number of hydrogen-bond donors (Lipinski definition) is 1. The number of anilines is 1. The molecule has 1 amide bonds. The van der Waals surface area contributed by atoms with E-state index in [1.54, 1.807) is 24.4 Å². The summed E-state index contributed by atoms with van der Waals surface area (Å²) in [6.07, 6.45) is 3.95. The van der Waals surface area contributed by atoms with Crippen LogP contribution in [-0.4, -0.2) is 126 Å². The highest BCUT2D eigenvalue weighted by Gasteiger charge is 2.47. The van der Waals surface area contributed by atoms with Crippen LogP contribution in [0.4, 0.5) is 19.4 Å². The Labute approximate surface area is 335 Å². The van der Waals surface area contributed by atoms with Gasteiger partial charge in [0.05, 0.1) is 30.7 Å². The van der Waals surface area contributed by atoms with Crippen LogP contribution in [0.25, 0.3) is 32.9 Å². The third-order valence-electron chi connectivity index (χ3n) is 11.6. The van der Waals surface area contributed by atoms with Crippen LogP contribution in [-0.2, 0) is 25.4 Å². The van der Waals surface area contributed by atoms with Gasteiger partial charge in [0.1, 0.15) is 34.2 Å². The topological polar surface area (TPSA) is 149 Å². The first-order valence-electron chi connectivity index (χ1n) is 20.0. The first kappa shape index (κ1) is 39.9. The number of aryl methyl sites for hydroxylation is 1. The number of carboxylic acid groups (broad SMARTS) is 1. The number of piperazine rings is 1. The van der Waals surface area contributed by atoms with Gasteiger partial charge in [-0.1, -0.05) is 13.0 Å². The van der Waals surface area contributed by atoms with Gasteiger partial charge in [0, 0.05) is 57.0 Å². The van der Waals surface area contributed by atoms with E-state index >= 15 is 8.78 Å². The molecule has 310 valence electrons. The normalized spacial score (nSPS) is 21.7. The number of hydrogen-bond acceptors (Lipinski definition) is 12. The molecule has 58 heavy (non-hydrogen) atoms. The van der Waals surface area contributed by atoms with E-state index in [9.17, 15) is 14.7 Å². The van der Waals surface area contributed by atoms with Gasteiger partial charge in [-0.05, 0) is 87.4 Å². The molecular weight excluding hydrogens is 754 g/mol. The smallest absolute Gasteiger partial charge is 0.410 e. The third kappa shape index (κ3) is 7.93. The quantitative estimate of drug-likeness (QED) is 0.162. The van der Waals surface area contributed by atoms with Crippen molar-refractivity contribution in [1.29, 1.82) is 0 Å². The SMILES string of the molecule is CCc1c(F)ccc2cc(OCOC)cc(-c3ncc4c(N5CC6CCC(C5)N6C(=O)OC(C)(C)C)nc(OCC5(CN6CCO[C@H](C(=O)O)C6)CC5)nc4c3F)c12. The van der Waals surface area contributed by atoms with E-state index in [0.717, 1.165) is 25.7 Å². The number of morpholine rings is 1. The number of fused-ring (bicyclic) bond motifs is 4. The number of rotatable bonds is 12. The number of benzene rings is 2. The Morgan fingerprint density at radius 2 is 1.81 bits per heavy atom. The number of carbonyl (C=O) groups is 2. The second kappa shape index (κ2) is 15.7. The highest BCUT2D eigenvalue weighted by molar-refractivity contribution is 6.02. The number of amides is 1. The summed E-state index contributed by atoms with van der Waals surface area (Å²) in [5, 5.41) is 11.1. The molecule has 0 spiro atoms. The molecule has 2 aromatic heterocycles. The van der Waals surface area contributed by atoms with Crippen LogP contribution in [0.15, 0.2) is 30.5 Å². The van der Waals surface area contributed by atoms with Gasteiger partial charge in [-0.3, -0.25) is 14.8 Å². The summed E-state index contributed by atoms with van der Waals surface area (Å²) < 4.78 is 61.2. The number of carboxylic acids is 1. The number of nitrogens with zero attached hydrogens (tertiary/aromatic N) is 6. The van der Waals surface area contributed by atoms with Gasteiger partial charge in [-0.25, -0.2) is 18.4 Å². The van der Waals surface area contributed by atoms with Crippen molar-refractivity contribution in [2.45, 2.75) is 83.6 Å². The van der Waals surface area contributed by atoms with E-state index < -0.39 is 29.3 Å². The van der Waals surface area contributed by atoms with Crippen molar-refractivity contribution in [3.05, 3.63) is 47.7 Å². The third-order valence-corrected chi connectivity index (χ3v) is 11.6. The fourth-order valence-corrected chi connectivity index (χ4v) is 8.65. The van der Waals surface area contributed by atoms with Gasteiger partial charge >= 0.3 is 18.1 Å². The fraction of sp³-hybridized carbons (Fsp3) is 0.548. The number of ether oxygens (including phenoxy) is 5. The number of aliphatic carboxylic acids is 1. The second-order valence-corrected chi connectivity index (χ2v) is 16.9. The molecule has 2 bridgehead atoms. The zero-order chi connectivity index (χ0) is 40.9. The lowest BCUT2D eigenvalue weighted by molar-refractivity contribution is -0.156. The molecule has 4 aliphatic rings. The fourth-order valence-electron chi connectivity index (χ4n) is 8.65. The molecule has 1 N–H and O–H groups in total. The Kier molecular flexibility index (Phi) is 10.8. The van der Waals surface area contributed by atoms with E-state index in [-0.39, 0.29) is 60.8 Å². The molecule has 0 radical (unpaired) electrons. The van der Waals surface area contributed by atoms with E-state index in [2.05, 4.69) is 14.9 Å². The maximum Gasteiger partial charge on any atom is 0.410 e. The maximum atomic E-state index is 17.4. The molecule has 5 heterocycles. The second-order valence-electron chi connectivity index (χ2n) is 16.9. The summed E-state index contributed by atoms with van der Waals surface area (Å²) in [4.78, 5) is 45.2. The van der Waals surface area contributed by atoms with Crippen molar-refractivity contribution < 1.29 is 47.2 Å². The van der Waals surface area contributed by atoms with Crippen molar-refractivity contribution in [3.63, 3.8) is 0 Å². The predicted molar refractivity (Wildman–Crippen MR) is 210 cm³/mol. The van der Waals surface area contributed by atoms with Crippen molar-refractivity contribution in [3.8, 4) is 23.0 Å². The van der Waals surface area contributed by atoms with Crippen LogP contribution in [0.2, 0.25) is 0 Å². The van der Waals surface area contributed by atoms with Gasteiger partial charge in [-0.2, -0.15) is 9.97 Å². The van der Waals surface area contributed by atoms with Crippen LogP contribution < -0.4 is 14.4 Å². The summed E-state index contributed by atoms with van der Waals surface area (Å²) in [5.41, 5.74) is -0.186. The minimum Gasteiger partial charge on any atom is -0.479 e. The minimum absolute atomic E-state index is 0.0138. The molecular formula is C42H50F2N6O8. The summed E-state index contributed by atoms with van der Waals surface area (Å²) in [7, 11) is 1.50. The average molecular weight is 805 g/mol. The van der Waals surface area contributed by atoms with Crippen LogP contribution in [0.5, 0.6) is 11.8 Å². The zero-order valence-electron chi connectivity index (χ0n) is 33.6. The molecule has 4 fully saturated rings. The van der Waals surface area contributed by atoms with E-state index in [1.165, 1.54) is 13.2 Å². The van der Waals surface area contributed by atoms with E-state index in [0.29, 0.717) is 78.1 Å². The van der Waals surface area contributed by atoms with E-state index in [1.807, 2.05) is 37.5 Å².